The van der Waals surface area contributed by atoms with Gasteiger partial charge in [0.05, 0.1) is 29.7 Å². The number of hydrogen-bond donors (Lipinski definition) is 3. The quantitative estimate of drug-likeness (QED) is 0.730. The molecule has 0 atom stereocenters. The number of benzene rings is 1. The molecule has 2 rings (SSSR count). The highest BCUT2D eigenvalue weighted by Gasteiger charge is 2.22. The number of pyridine rings is 1. The van der Waals surface area contributed by atoms with Gasteiger partial charge in [0.15, 0.2) is 0 Å². The van der Waals surface area contributed by atoms with E-state index in [9.17, 15) is 8.42 Å². The van der Waals surface area contributed by atoms with Gasteiger partial charge in [-0.15, -0.1) is 0 Å². The van der Waals surface area contributed by atoms with Gasteiger partial charge in [-0.1, -0.05) is 6.07 Å². The van der Waals surface area contributed by atoms with E-state index in [2.05, 4.69) is 9.71 Å². The number of hydrogen-bond acceptors (Lipinski definition) is 5. The lowest BCUT2D eigenvalue weighted by atomic mass is 10.1. The van der Waals surface area contributed by atoms with Crippen molar-refractivity contribution in [2.45, 2.75) is 17.9 Å². The number of nitrogens with zero attached hydrogens (tertiary/aromatic N) is 1. The molecule has 0 aliphatic heterocycles. The van der Waals surface area contributed by atoms with E-state index in [4.69, 9.17) is 10.2 Å². The minimum absolute atomic E-state index is 0.0816. The molecule has 108 valence electrons. The number of aromatic nitrogens is 1. The van der Waals surface area contributed by atoms with Crippen LogP contribution in [0.25, 0.3) is 10.9 Å². The molecule has 0 bridgehead atoms. The zero-order valence-corrected chi connectivity index (χ0v) is 11.8. The van der Waals surface area contributed by atoms with Crippen LogP contribution in [-0.4, -0.2) is 42.9 Å². The number of aryl methyl sites for hydroxylation is 1. The van der Waals surface area contributed by atoms with Crippen molar-refractivity contribution >= 4 is 20.9 Å². The van der Waals surface area contributed by atoms with Crippen LogP contribution in [0.4, 0.5) is 0 Å². The first kappa shape index (κ1) is 14.9. The van der Waals surface area contributed by atoms with Gasteiger partial charge in [0.1, 0.15) is 0 Å². The number of aliphatic hydroxyl groups excluding tert-OH is 2. The molecule has 1 heterocycles. The zero-order valence-electron chi connectivity index (χ0n) is 10.9. The van der Waals surface area contributed by atoms with Crippen molar-refractivity contribution in [2.24, 2.45) is 0 Å². The van der Waals surface area contributed by atoms with Gasteiger partial charge in [0, 0.05) is 11.6 Å². The topological polar surface area (TPSA) is 99.5 Å². The Bertz CT molecular complexity index is 711. The fraction of sp³-hybridized carbons (Fsp3) is 0.308. The molecule has 0 fully saturated rings. The highest BCUT2D eigenvalue weighted by Crippen LogP contribution is 2.24. The Hall–Kier alpha value is -1.54. The van der Waals surface area contributed by atoms with Gasteiger partial charge in [-0.3, -0.25) is 4.98 Å². The number of rotatable bonds is 5. The molecular weight excluding hydrogens is 280 g/mol. The van der Waals surface area contributed by atoms with Crippen molar-refractivity contribution in [3.05, 3.63) is 36.0 Å². The van der Waals surface area contributed by atoms with Gasteiger partial charge in [-0.05, 0) is 30.7 Å². The van der Waals surface area contributed by atoms with Gasteiger partial charge in [0.25, 0.3) is 0 Å². The molecule has 0 saturated heterocycles. The van der Waals surface area contributed by atoms with Crippen LogP contribution in [0.3, 0.4) is 0 Å². The summed E-state index contributed by atoms with van der Waals surface area (Å²) in [5.41, 5.74) is 1.49. The number of fused-ring (bicyclic) bond motifs is 1. The molecule has 0 radical (unpaired) electrons. The van der Waals surface area contributed by atoms with E-state index in [1.807, 2.05) is 6.92 Å². The van der Waals surface area contributed by atoms with Crippen molar-refractivity contribution in [3.8, 4) is 0 Å². The Kier molecular flexibility index (Phi) is 4.34. The van der Waals surface area contributed by atoms with Gasteiger partial charge >= 0.3 is 0 Å². The summed E-state index contributed by atoms with van der Waals surface area (Å²) in [5, 5.41) is 18.5. The summed E-state index contributed by atoms with van der Waals surface area (Å²) in [6, 6.07) is 5.59. The third-order valence-corrected chi connectivity index (χ3v) is 4.56. The largest absolute Gasteiger partial charge is 0.395 e. The molecule has 0 aliphatic rings. The van der Waals surface area contributed by atoms with Crippen molar-refractivity contribution < 1.29 is 18.6 Å². The molecule has 0 amide bonds. The smallest absolute Gasteiger partial charge is 0.241 e. The van der Waals surface area contributed by atoms with E-state index in [0.717, 1.165) is 5.56 Å². The first-order valence-corrected chi connectivity index (χ1v) is 7.56. The molecule has 0 saturated carbocycles. The standard InChI is InChI=1S/C13H16N2O4S/c1-9-4-5-12(11-3-2-6-14-13(9)11)20(18,19)15-10(7-16)8-17/h2-6,10,15-17H,7-8H2,1H3. The van der Waals surface area contributed by atoms with E-state index >= 15 is 0 Å². The summed E-state index contributed by atoms with van der Waals surface area (Å²) in [4.78, 5) is 4.26. The van der Waals surface area contributed by atoms with Gasteiger partial charge in [-0.2, -0.15) is 0 Å². The second kappa shape index (κ2) is 5.84. The summed E-state index contributed by atoms with van der Waals surface area (Å²) in [5.74, 6) is 0. The van der Waals surface area contributed by atoms with E-state index in [-0.39, 0.29) is 4.90 Å². The molecule has 1 aromatic carbocycles. The van der Waals surface area contributed by atoms with Crippen LogP contribution in [0.1, 0.15) is 5.56 Å². The summed E-state index contributed by atoms with van der Waals surface area (Å²) in [7, 11) is -3.84. The number of sulfonamides is 1. The average molecular weight is 296 g/mol. The van der Waals surface area contributed by atoms with Crippen molar-refractivity contribution in [1.82, 2.24) is 9.71 Å². The van der Waals surface area contributed by atoms with Crippen LogP contribution < -0.4 is 4.72 Å². The van der Waals surface area contributed by atoms with Crippen LogP contribution in [0.5, 0.6) is 0 Å². The summed E-state index contributed by atoms with van der Waals surface area (Å²) in [6.07, 6.45) is 1.60. The van der Waals surface area contributed by atoms with Crippen LogP contribution in [0.2, 0.25) is 0 Å². The average Bonchev–Trinajstić information content (AvgIpc) is 2.45. The molecule has 7 heteroatoms. The molecule has 1 aromatic heterocycles. The second-order valence-corrected chi connectivity index (χ2v) is 6.15. The summed E-state index contributed by atoms with van der Waals surface area (Å²) < 4.78 is 26.9. The van der Waals surface area contributed by atoms with Gasteiger partial charge in [0.2, 0.25) is 10.0 Å². The molecule has 2 aromatic rings. The maximum absolute atomic E-state index is 12.3. The minimum atomic E-state index is -3.84. The summed E-state index contributed by atoms with van der Waals surface area (Å²) in [6.45, 7) is 0.902. The zero-order chi connectivity index (χ0) is 14.8. The van der Waals surface area contributed by atoms with Crippen LogP contribution in [0.15, 0.2) is 35.4 Å². The number of nitrogens with one attached hydrogen (secondary N) is 1. The first-order chi connectivity index (χ1) is 9.49. The normalized spacial score (nSPS) is 12.2. The van der Waals surface area contributed by atoms with Gasteiger partial charge < -0.3 is 10.2 Å². The minimum Gasteiger partial charge on any atom is -0.395 e. The van der Waals surface area contributed by atoms with Gasteiger partial charge in [-0.25, -0.2) is 13.1 Å². The third kappa shape index (κ3) is 2.80. The molecule has 20 heavy (non-hydrogen) atoms. The second-order valence-electron chi connectivity index (χ2n) is 4.46. The Morgan fingerprint density at radius 3 is 2.60 bits per heavy atom. The van der Waals surface area contributed by atoms with E-state index in [0.29, 0.717) is 10.9 Å². The lowest BCUT2D eigenvalue weighted by Gasteiger charge is -2.15. The predicted molar refractivity (Wildman–Crippen MR) is 74.8 cm³/mol. The Labute approximate surface area is 117 Å². The Morgan fingerprint density at radius 2 is 1.95 bits per heavy atom. The fourth-order valence-corrected chi connectivity index (χ4v) is 3.35. The Morgan fingerprint density at radius 1 is 1.25 bits per heavy atom. The molecular formula is C13H16N2O4S. The molecule has 0 aliphatic carbocycles. The highest BCUT2D eigenvalue weighted by molar-refractivity contribution is 7.89. The predicted octanol–water partition coefficient (Wildman–Crippen LogP) is 0.175. The molecule has 6 nitrogen and oxygen atoms in total. The Balaban J connectivity index is 2.55. The van der Waals surface area contributed by atoms with E-state index < -0.39 is 29.3 Å². The monoisotopic (exact) mass is 296 g/mol. The first-order valence-electron chi connectivity index (χ1n) is 6.08. The van der Waals surface area contributed by atoms with Crippen LogP contribution in [-0.2, 0) is 10.0 Å². The lowest BCUT2D eigenvalue weighted by molar-refractivity contribution is 0.185. The maximum Gasteiger partial charge on any atom is 0.241 e. The fourth-order valence-electron chi connectivity index (χ4n) is 1.94. The summed E-state index contributed by atoms with van der Waals surface area (Å²) >= 11 is 0. The van der Waals surface area contributed by atoms with Crippen molar-refractivity contribution in [2.75, 3.05) is 13.2 Å². The maximum atomic E-state index is 12.3. The highest BCUT2D eigenvalue weighted by atomic mass is 32.2. The van der Waals surface area contributed by atoms with Crippen LogP contribution in [0, 0.1) is 6.92 Å². The van der Waals surface area contributed by atoms with E-state index in [1.54, 1.807) is 24.4 Å². The molecule has 3 N–H and O–H groups in total. The van der Waals surface area contributed by atoms with Crippen molar-refractivity contribution in [1.29, 1.82) is 0 Å². The third-order valence-electron chi connectivity index (χ3n) is 2.98. The van der Waals surface area contributed by atoms with Crippen LogP contribution >= 0.6 is 0 Å². The molecule has 0 spiro atoms. The lowest BCUT2D eigenvalue weighted by Crippen LogP contribution is -2.40. The van der Waals surface area contributed by atoms with E-state index in [1.165, 1.54) is 6.07 Å². The SMILES string of the molecule is Cc1ccc(S(=O)(=O)NC(CO)CO)c2cccnc12. The number of aliphatic hydroxyl groups is 2. The van der Waals surface area contributed by atoms with Crippen molar-refractivity contribution in [3.63, 3.8) is 0 Å². The molecule has 0 unspecified atom stereocenters.